The molecule has 4 rings (SSSR count). The molecule has 0 N–H and O–H groups in total. The minimum atomic E-state index is -0.468. The van der Waals surface area contributed by atoms with Gasteiger partial charge in [-0.15, -0.1) is 0 Å². The Morgan fingerprint density at radius 2 is 1.35 bits per heavy atom. The number of ether oxygens (including phenoxy) is 2. The first-order valence-corrected chi connectivity index (χ1v) is 22.2. The second-order valence-electron chi connectivity index (χ2n) is 18.5. The highest BCUT2D eigenvalue weighted by atomic mass is 16.7. The number of carbonyl (C=O) groups is 1. The van der Waals surface area contributed by atoms with Gasteiger partial charge in [0.1, 0.15) is 0 Å². The lowest BCUT2D eigenvalue weighted by Crippen LogP contribution is -2.53. The summed E-state index contributed by atoms with van der Waals surface area (Å²) in [5, 5.41) is 0. The Bertz CT molecular complexity index is 943. The van der Waals surface area contributed by atoms with E-state index in [1.54, 1.807) is 0 Å². The Morgan fingerprint density at radius 3 is 2.08 bits per heavy atom. The Morgan fingerprint density at radius 1 is 0.673 bits per heavy atom. The molecule has 3 heteroatoms. The molecule has 0 saturated heterocycles. The molecule has 0 radical (unpaired) electrons. The van der Waals surface area contributed by atoms with E-state index in [4.69, 9.17) is 9.47 Å². The normalized spacial score (nSPS) is 32.3. The highest BCUT2D eigenvalue weighted by Gasteiger charge is 2.60. The molecule has 0 aromatic rings. The number of hydrogen-bond donors (Lipinski definition) is 0. The summed E-state index contributed by atoms with van der Waals surface area (Å²) in [5.74, 6) is 6.14. The molecule has 4 aliphatic rings. The smallest absolute Gasteiger partial charge is 0.434 e. The molecule has 0 bridgehead atoms. The zero-order chi connectivity index (χ0) is 35.0. The first kappa shape index (κ1) is 40.8. The number of rotatable bonds is 23. The zero-order valence-corrected chi connectivity index (χ0v) is 33.4. The maximum absolute atomic E-state index is 12.2. The van der Waals surface area contributed by atoms with E-state index in [9.17, 15) is 4.79 Å². The Kier molecular flexibility index (Phi) is 17.9. The molecule has 0 aromatic heterocycles. The van der Waals surface area contributed by atoms with Gasteiger partial charge in [0.2, 0.25) is 0 Å². The van der Waals surface area contributed by atoms with Gasteiger partial charge in [-0.05, 0) is 142 Å². The molecule has 4 fully saturated rings. The van der Waals surface area contributed by atoms with Crippen LogP contribution in [0.5, 0.6) is 0 Å². The number of unbranched alkanes of at least 4 members (excludes halogenated alkanes) is 12. The Hall–Kier alpha value is -0.990. The van der Waals surface area contributed by atoms with E-state index < -0.39 is 6.16 Å². The van der Waals surface area contributed by atoms with E-state index in [-0.39, 0.29) is 0 Å². The lowest BCUT2D eigenvalue weighted by molar-refractivity contribution is -0.114. The van der Waals surface area contributed by atoms with Crippen molar-refractivity contribution >= 4 is 6.16 Å². The van der Waals surface area contributed by atoms with Crippen molar-refractivity contribution in [2.24, 2.45) is 52.3 Å². The van der Waals surface area contributed by atoms with Crippen molar-refractivity contribution in [2.75, 3.05) is 13.2 Å². The topological polar surface area (TPSA) is 35.5 Å². The predicted octanol–water partition coefficient (Wildman–Crippen LogP) is 14.7. The second kappa shape index (κ2) is 21.5. The summed E-state index contributed by atoms with van der Waals surface area (Å²) in [7, 11) is 0. The fourth-order valence-electron chi connectivity index (χ4n) is 12.1. The van der Waals surface area contributed by atoms with E-state index in [0.29, 0.717) is 30.0 Å². The average Bonchev–Trinajstić information content (AvgIpc) is 3.45. The van der Waals surface area contributed by atoms with Gasteiger partial charge in [-0.3, -0.25) is 0 Å². The summed E-state index contributed by atoms with van der Waals surface area (Å²) in [5.41, 5.74) is 1.22. The van der Waals surface area contributed by atoms with Gasteiger partial charge < -0.3 is 9.47 Å². The van der Waals surface area contributed by atoms with Gasteiger partial charge in [-0.25, -0.2) is 4.79 Å². The largest absolute Gasteiger partial charge is 0.508 e. The molecular weight excluding hydrogens is 601 g/mol. The maximum atomic E-state index is 12.2. The van der Waals surface area contributed by atoms with Crippen LogP contribution in [0.4, 0.5) is 4.79 Å². The second-order valence-corrected chi connectivity index (χ2v) is 18.5. The van der Waals surface area contributed by atoms with Crippen LogP contribution in [0.25, 0.3) is 0 Å². The van der Waals surface area contributed by atoms with Gasteiger partial charge in [-0.2, -0.15) is 0 Å². The van der Waals surface area contributed by atoms with Crippen LogP contribution in [-0.4, -0.2) is 19.4 Å². The van der Waals surface area contributed by atoms with Crippen LogP contribution in [0, 0.1) is 52.3 Å². The zero-order valence-electron chi connectivity index (χ0n) is 33.4. The van der Waals surface area contributed by atoms with Crippen molar-refractivity contribution in [3.8, 4) is 0 Å². The third-order valence-electron chi connectivity index (χ3n) is 15.1. The molecule has 3 nitrogen and oxygen atoms in total. The SMILES string of the molecule is CCCCCCCC/C=C\CCCCCCCCOC(=O)OCC(C)CCC[C@@H](C)[C@H]1CC[C@H]2[C@@H]3CCC4CCCC[C@]4(C)[C@H]3CC[C@]12C. The van der Waals surface area contributed by atoms with Gasteiger partial charge in [0.15, 0.2) is 0 Å². The standard InChI is InChI=1S/C46H82O3/c1-6-7-8-9-10-11-12-13-14-15-16-17-18-19-20-23-35-48-44(47)49-36-37(2)25-24-26-38(3)41-30-31-42-40-29-28-39-27-21-22-33-45(39,4)43(40)32-34-46(41,42)5/h13-14,37-43H,6-12,15-36H2,1-5H3/b14-13-/t37?,38-,39?,40+,41-,42+,43+,45+,46-/m1/s1. The van der Waals surface area contributed by atoms with E-state index in [1.807, 2.05) is 0 Å². The lowest BCUT2D eigenvalue weighted by Gasteiger charge is -2.61. The summed E-state index contributed by atoms with van der Waals surface area (Å²) < 4.78 is 10.9. The highest BCUT2D eigenvalue weighted by molar-refractivity contribution is 5.59. The molecule has 0 spiro atoms. The first-order chi connectivity index (χ1) is 23.8. The van der Waals surface area contributed by atoms with Crippen molar-refractivity contribution in [2.45, 2.75) is 208 Å². The molecule has 4 aliphatic carbocycles. The van der Waals surface area contributed by atoms with Gasteiger partial charge in [0.25, 0.3) is 0 Å². The van der Waals surface area contributed by atoms with Crippen LogP contribution in [0.2, 0.25) is 0 Å². The first-order valence-electron chi connectivity index (χ1n) is 22.2. The van der Waals surface area contributed by atoms with Crippen LogP contribution in [0.15, 0.2) is 12.2 Å². The highest BCUT2D eigenvalue weighted by Crippen LogP contribution is 2.68. The molecule has 2 unspecified atom stereocenters. The van der Waals surface area contributed by atoms with Crippen molar-refractivity contribution in [3.05, 3.63) is 12.2 Å². The van der Waals surface area contributed by atoms with Crippen molar-refractivity contribution in [1.82, 2.24) is 0 Å². The summed E-state index contributed by atoms with van der Waals surface area (Å²) in [4.78, 5) is 12.2. The van der Waals surface area contributed by atoms with E-state index in [2.05, 4.69) is 46.8 Å². The molecule has 0 heterocycles. The van der Waals surface area contributed by atoms with E-state index in [1.165, 1.54) is 154 Å². The van der Waals surface area contributed by atoms with E-state index >= 15 is 0 Å². The quantitative estimate of drug-likeness (QED) is 0.0611. The van der Waals surface area contributed by atoms with Crippen LogP contribution in [-0.2, 0) is 9.47 Å². The number of hydrogen-bond acceptors (Lipinski definition) is 3. The minimum absolute atomic E-state index is 0.402. The van der Waals surface area contributed by atoms with Crippen LogP contribution in [0.3, 0.4) is 0 Å². The molecular formula is C46H82O3. The summed E-state index contributed by atoms with van der Waals surface area (Å²) in [6.45, 7) is 13.5. The Balaban J connectivity index is 0.981. The van der Waals surface area contributed by atoms with Gasteiger partial charge in [-0.1, -0.05) is 130 Å². The van der Waals surface area contributed by atoms with Gasteiger partial charge in [0.05, 0.1) is 13.2 Å². The predicted molar refractivity (Wildman–Crippen MR) is 209 cm³/mol. The molecule has 49 heavy (non-hydrogen) atoms. The number of carbonyl (C=O) groups excluding carboxylic acids is 1. The fourth-order valence-corrected chi connectivity index (χ4v) is 12.1. The molecule has 0 aromatic carbocycles. The number of fused-ring (bicyclic) bond motifs is 5. The third kappa shape index (κ3) is 12.0. The average molecular weight is 683 g/mol. The Labute approximate surface area is 305 Å². The van der Waals surface area contributed by atoms with Crippen molar-refractivity contribution < 1.29 is 14.3 Å². The van der Waals surface area contributed by atoms with Crippen LogP contribution < -0.4 is 0 Å². The van der Waals surface area contributed by atoms with Gasteiger partial charge >= 0.3 is 6.16 Å². The minimum Gasteiger partial charge on any atom is -0.434 e. The van der Waals surface area contributed by atoms with E-state index in [0.717, 1.165) is 54.8 Å². The third-order valence-corrected chi connectivity index (χ3v) is 15.1. The molecule has 0 amide bonds. The van der Waals surface area contributed by atoms with Crippen LogP contribution >= 0.6 is 0 Å². The summed E-state index contributed by atoms with van der Waals surface area (Å²) in [6, 6.07) is 0. The lowest BCUT2D eigenvalue weighted by atomic mass is 9.44. The van der Waals surface area contributed by atoms with Crippen molar-refractivity contribution in [1.29, 1.82) is 0 Å². The monoisotopic (exact) mass is 683 g/mol. The van der Waals surface area contributed by atoms with Crippen LogP contribution in [0.1, 0.15) is 208 Å². The molecule has 4 saturated carbocycles. The summed E-state index contributed by atoms with van der Waals surface area (Å²) in [6.07, 6.45) is 41.1. The molecule has 0 aliphatic heterocycles. The summed E-state index contributed by atoms with van der Waals surface area (Å²) >= 11 is 0. The molecule has 284 valence electrons. The van der Waals surface area contributed by atoms with Gasteiger partial charge in [0, 0.05) is 0 Å². The molecule has 9 atom stereocenters. The van der Waals surface area contributed by atoms with Crippen molar-refractivity contribution in [3.63, 3.8) is 0 Å². The maximum Gasteiger partial charge on any atom is 0.508 e. The fraction of sp³-hybridized carbons (Fsp3) is 0.935. The number of allylic oxidation sites excluding steroid dienone is 2.